The number of halogens is 2. The van der Waals surface area contributed by atoms with Crippen molar-refractivity contribution in [3.63, 3.8) is 0 Å². The van der Waals surface area contributed by atoms with Crippen molar-refractivity contribution in [3.05, 3.63) is 33.8 Å². The van der Waals surface area contributed by atoms with Crippen LogP contribution in [0.15, 0.2) is 18.2 Å². The van der Waals surface area contributed by atoms with Crippen molar-refractivity contribution in [2.24, 2.45) is 5.92 Å². The largest absolute Gasteiger partial charge is 0.300 e. The smallest absolute Gasteiger partial charge is 0.165 e. The molecule has 0 saturated heterocycles. The Labute approximate surface area is 137 Å². The molecule has 0 unspecified atom stereocenters. The van der Waals surface area contributed by atoms with Gasteiger partial charge in [0.15, 0.2) is 5.78 Å². The van der Waals surface area contributed by atoms with Crippen LogP contribution in [0.25, 0.3) is 0 Å². The van der Waals surface area contributed by atoms with E-state index in [0.29, 0.717) is 34.0 Å². The van der Waals surface area contributed by atoms with Crippen molar-refractivity contribution in [2.45, 2.75) is 45.6 Å². The van der Waals surface area contributed by atoms with E-state index in [1.165, 1.54) is 19.3 Å². The van der Waals surface area contributed by atoms with Crippen molar-refractivity contribution in [1.29, 1.82) is 0 Å². The summed E-state index contributed by atoms with van der Waals surface area (Å²) in [4.78, 5) is 14.8. The van der Waals surface area contributed by atoms with Crippen LogP contribution in [0.4, 0.5) is 0 Å². The van der Waals surface area contributed by atoms with Crippen LogP contribution in [-0.2, 0) is 0 Å². The molecule has 1 aromatic carbocycles. The van der Waals surface area contributed by atoms with E-state index < -0.39 is 0 Å². The van der Waals surface area contributed by atoms with Crippen molar-refractivity contribution in [2.75, 3.05) is 13.1 Å². The molecule has 0 spiro atoms. The van der Waals surface area contributed by atoms with E-state index >= 15 is 0 Å². The maximum Gasteiger partial charge on any atom is 0.165 e. The Morgan fingerprint density at radius 3 is 2.62 bits per heavy atom. The van der Waals surface area contributed by atoms with Gasteiger partial charge in [0.25, 0.3) is 0 Å². The summed E-state index contributed by atoms with van der Waals surface area (Å²) in [6.07, 6.45) is 4.23. The van der Waals surface area contributed by atoms with Crippen LogP contribution in [0.1, 0.15) is 49.9 Å². The normalized spacial score (nSPS) is 15.0. The van der Waals surface area contributed by atoms with E-state index in [1.807, 2.05) is 0 Å². The first-order valence-corrected chi connectivity index (χ1v) is 8.46. The third-order valence-corrected chi connectivity index (χ3v) is 4.75. The number of hydrogen-bond donors (Lipinski definition) is 0. The van der Waals surface area contributed by atoms with Gasteiger partial charge in [0.1, 0.15) is 0 Å². The molecule has 2 nitrogen and oxygen atoms in total. The lowest BCUT2D eigenvalue weighted by atomic mass is 10.1. The van der Waals surface area contributed by atoms with E-state index in [-0.39, 0.29) is 5.78 Å². The molecule has 0 aliphatic heterocycles. The van der Waals surface area contributed by atoms with Gasteiger partial charge in [0.05, 0.1) is 10.0 Å². The van der Waals surface area contributed by atoms with Crippen molar-refractivity contribution >= 4 is 29.0 Å². The third kappa shape index (κ3) is 4.98. The van der Waals surface area contributed by atoms with Gasteiger partial charge < -0.3 is 0 Å². The molecule has 1 fully saturated rings. The molecule has 0 amide bonds. The Kier molecular flexibility index (Phi) is 6.09. The molecule has 2 rings (SSSR count). The number of Topliss-reactive ketones (excluding diaryl/α,β-unsaturated/α-hetero) is 1. The van der Waals surface area contributed by atoms with Gasteiger partial charge in [0, 0.05) is 24.6 Å². The minimum Gasteiger partial charge on any atom is -0.300 e. The van der Waals surface area contributed by atoms with E-state index in [1.54, 1.807) is 18.2 Å². The molecule has 0 heterocycles. The second-order valence-corrected chi connectivity index (χ2v) is 7.01. The fourth-order valence-corrected chi connectivity index (χ4v) is 2.85. The summed E-state index contributed by atoms with van der Waals surface area (Å²) in [5, 5.41) is 0.825. The zero-order chi connectivity index (χ0) is 15.4. The molecule has 0 N–H and O–H groups in total. The molecular formula is C17H23Cl2NO. The fraction of sp³-hybridized carbons (Fsp3) is 0.588. The number of nitrogens with zero attached hydrogens (tertiary/aromatic N) is 1. The first kappa shape index (κ1) is 16.8. The van der Waals surface area contributed by atoms with Gasteiger partial charge in [-0.15, -0.1) is 0 Å². The monoisotopic (exact) mass is 327 g/mol. The van der Waals surface area contributed by atoms with Crippen LogP contribution in [0.5, 0.6) is 0 Å². The summed E-state index contributed by atoms with van der Waals surface area (Å²) in [5.74, 6) is 0.780. The lowest BCUT2D eigenvalue weighted by molar-refractivity contribution is 0.0961. The lowest BCUT2D eigenvalue weighted by Gasteiger charge is -2.22. The van der Waals surface area contributed by atoms with Gasteiger partial charge in [-0.3, -0.25) is 9.69 Å². The molecule has 1 aliphatic rings. The molecule has 4 heteroatoms. The van der Waals surface area contributed by atoms with E-state index in [0.717, 1.165) is 13.1 Å². The predicted octanol–water partition coefficient (Wildman–Crippen LogP) is 5.08. The Morgan fingerprint density at radius 1 is 1.29 bits per heavy atom. The molecule has 0 bridgehead atoms. The second kappa shape index (κ2) is 7.62. The maximum atomic E-state index is 12.3. The van der Waals surface area contributed by atoms with Crippen LogP contribution in [0.3, 0.4) is 0 Å². The quantitative estimate of drug-likeness (QED) is 0.621. The highest BCUT2D eigenvalue weighted by Gasteiger charge is 2.29. The first-order chi connectivity index (χ1) is 9.99. The fourth-order valence-electron chi connectivity index (χ4n) is 2.44. The molecule has 1 aliphatic carbocycles. The first-order valence-electron chi connectivity index (χ1n) is 7.70. The summed E-state index contributed by atoms with van der Waals surface area (Å²) >= 11 is 12.1. The van der Waals surface area contributed by atoms with Gasteiger partial charge in [-0.1, -0.05) is 43.1 Å². The standard InChI is InChI=1S/C17H23Cl2NO/c1-12(2)8-10-20(13-6-7-13)11-9-16(21)14-4-3-5-15(18)17(14)19/h3-5,12-13H,6-11H2,1-2H3. The van der Waals surface area contributed by atoms with Gasteiger partial charge in [0.2, 0.25) is 0 Å². The summed E-state index contributed by atoms with van der Waals surface area (Å²) in [6, 6.07) is 5.93. The zero-order valence-electron chi connectivity index (χ0n) is 12.7. The minimum absolute atomic E-state index is 0.0812. The Bertz CT molecular complexity index is 498. The highest BCUT2D eigenvalue weighted by atomic mass is 35.5. The molecule has 1 saturated carbocycles. The zero-order valence-corrected chi connectivity index (χ0v) is 14.3. The van der Waals surface area contributed by atoms with Crippen molar-refractivity contribution in [1.82, 2.24) is 4.90 Å². The summed E-state index contributed by atoms with van der Waals surface area (Å²) in [7, 11) is 0. The SMILES string of the molecule is CC(C)CCN(CCC(=O)c1cccc(Cl)c1Cl)C1CC1. The highest BCUT2D eigenvalue weighted by Crippen LogP contribution is 2.29. The predicted molar refractivity (Wildman–Crippen MR) is 89.5 cm³/mol. The van der Waals surface area contributed by atoms with Gasteiger partial charge >= 0.3 is 0 Å². The number of carbonyl (C=O) groups is 1. The van der Waals surface area contributed by atoms with Crippen LogP contribution >= 0.6 is 23.2 Å². The number of ketones is 1. The average molecular weight is 328 g/mol. The number of rotatable bonds is 8. The van der Waals surface area contributed by atoms with Crippen molar-refractivity contribution in [3.8, 4) is 0 Å². The second-order valence-electron chi connectivity index (χ2n) is 6.22. The van der Waals surface area contributed by atoms with Crippen molar-refractivity contribution < 1.29 is 4.79 Å². The van der Waals surface area contributed by atoms with E-state index in [4.69, 9.17) is 23.2 Å². The highest BCUT2D eigenvalue weighted by molar-refractivity contribution is 6.43. The van der Waals surface area contributed by atoms with E-state index in [9.17, 15) is 4.79 Å². The van der Waals surface area contributed by atoms with Crippen LogP contribution < -0.4 is 0 Å². The molecule has 1 aromatic rings. The third-order valence-electron chi connectivity index (χ3n) is 3.94. The average Bonchev–Trinajstić information content (AvgIpc) is 3.26. The summed E-state index contributed by atoms with van der Waals surface area (Å²) < 4.78 is 0. The Morgan fingerprint density at radius 2 is 2.00 bits per heavy atom. The number of carbonyl (C=O) groups excluding carboxylic acids is 1. The van der Waals surface area contributed by atoms with Gasteiger partial charge in [-0.25, -0.2) is 0 Å². The molecule has 0 atom stereocenters. The van der Waals surface area contributed by atoms with Crippen LogP contribution in [0.2, 0.25) is 10.0 Å². The van der Waals surface area contributed by atoms with E-state index in [2.05, 4.69) is 18.7 Å². The number of hydrogen-bond acceptors (Lipinski definition) is 2. The maximum absolute atomic E-state index is 12.3. The summed E-state index contributed by atoms with van der Waals surface area (Å²) in [6.45, 7) is 6.38. The van der Waals surface area contributed by atoms with Crippen LogP contribution in [-0.4, -0.2) is 29.8 Å². The van der Waals surface area contributed by atoms with Gasteiger partial charge in [-0.05, 0) is 43.9 Å². The molecule has 0 radical (unpaired) electrons. The molecule has 21 heavy (non-hydrogen) atoms. The Balaban J connectivity index is 1.91. The topological polar surface area (TPSA) is 20.3 Å². The Hall–Kier alpha value is -0.570. The minimum atomic E-state index is 0.0812. The number of benzene rings is 1. The molecule has 0 aromatic heterocycles. The van der Waals surface area contributed by atoms with Gasteiger partial charge in [-0.2, -0.15) is 0 Å². The van der Waals surface area contributed by atoms with Crippen LogP contribution in [0, 0.1) is 5.92 Å². The molecular weight excluding hydrogens is 305 g/mol. The lowest BCUT2D eigenvalue weighted by Crippen LogP contribution is -2.30. The summed E-state index contributed by atoms with van der Waals surface area (Å²) in [5.41, 5.74) is 0.545. The molecule has 116 valence electrons.